The van der Waals surface area contributed by atoms with Gasteiger partial charge in [-0.1, -0.05) is 26.0 Å². The third-order valence-corrected chi connectivity index (χ3v) is 4.62. The summed E-state index contributed by atoms with van der Waals surface area (Å²) >= 11 is 0. The van der Waals surface area contributed by atoms with E-state index in [4.69, 9.17) is 4.74 Å². The summed E-state index contributed by atoms with van der Waals surface area (Å²) in [5.41, 5.74) is 1.81. The van der Waals surface area contributed by atoms with Crippen molar-refractivity contribution in [1.82, 2.24) is 14.5 Å². The van der Waals surface area contributed by atoms with Crippen LogP contribution >= 0.6 is 0 Å². The Kier molecular flexibility index (Phi) is 6.60. The number of carbonyl (C=O) groups is 1. The molecule has 2 aromatic carbocycles. The van der Waals surface area contributed by atoms with Crippen molar-refractivity contribution in [2.24, 2.45) is 0 Å². The molecule has 0 aliphatic heterocycles. The zero-order valence-corrected chi connectivity index (χ0v) is 16.2. The highest BCUT2D eigenvalue weighted by Gasteiger charge is 2.14. The number of hydrogen-bond donors (Lipinski definition) is 1. The summed E-state index contributed by atoms with van der Waals surface area (Å²) in [6.45, 7) is 7.60. The third kappa shape index (κ3) is 4.86. The standard InChI is InChI=1S/C21H25FN4O2/c1-3-25(4-2)13-14-26-19-8-6-5-7-18(19)23-21(26)24-20(27)15-28-17-11-9-16(22)10-12-17/h5-12H,3-4,13-15H2,1-2H3,(H,23,24,27). The predicted molar refractivity (Wildman–Crippen MR) is 108 cm³/mol. The van der Waals surface area contributed by atoms with Gasteiger partial charge in [0.2, 0.25) is 5.95 Å². The van der Waals surface area contributed by atoms with Gasteiger partial charge in [0.25, 0.3) is 5.91 Å². The number of likely N-dealkylation sites (N-methyl/N-ethyl adjacent to an activating group) is 1. The number of nitrogens with one attached hydrogen (secondary N) is 1. The molecule has 7 heteroatoms. The molecule has 0 radical (unpaired) electrons. The molecule has 3 aromatic rings. The van der Waals surface area contributed by atoms with Crippen LogP contribution in [0.4, 0.5) is 10.3 Å². The normalized spacial score (nSPS) is 11.1. The lowest BCUT2D eigenvalue weighted by Gasteiger charge is -2.19. The van der Waals surface area contributed by atoms with Crippen LogP contribution in [0, 0.1) is 5.82 Å². The number of amides is 1. The number of aromatic nitrogens is 2. The fourth-order valence-corrected chi connectivity index (χ4v) is 3.02. The van der Waals surface area contributed by atoms with E-state index >= 15 is 0 Å². The number of anilines is 1. The van der Waals surface area contributed by atoms with Crippen molar-refractivity contribution in [2.75, 3.05) is 31.6 Å². The maximum absolute atomic E-state index is 13.0. The number of imidazole rings is 1. The van der Waals surface area contributed by atoms with Gasteiger partial charge in [0.15, 0.2) is 6.61 Å². The largest absolute Gasteiger partial charge is 0.484 e. The molecule has 0 saturated carbocycles. The Hall–Kier alpha value is -2.93. The van der Waals surface area contributed by atoms with E-state index in [1.54, 1.807) is 0 Å². The Morgan fingerprint density at radius 3 is 2.57 bits per heavy atom. The summed E-state index contributed by atoms with van der Waals surface area (Å²) in [5.74, 6) is 0.273. The van der Waals surface area contributed by atoms with Crippen molar-refractivity contribution in [3.05, 3.63) is 54.3 Å². The smallest absolute Gasteiger partial charge is 0.264 e. The Morgan fingerprint density at radius 2 is 1.86 bits per heavy atom. The minimum atomic E-state index is -0.348. The summed E-state index contributed by atoms with van der Waals surface area (Å²) in [5, 5.41) is 2.84. The van der Waals surface area contributed by atoms with E-state index in [-0.39, 0.29) is 18.3 Å². The van der Waals surface area contributed by atoms with Crippen LogP contribution in [0.5, 0.6) is 5.75 Å². The molecule has 0 aliphatic carbocycles. The van der Waals surface area contributed by atoms with Crippen LogP contribution in [0.15, 0.2) is 48.5 Å². The monoisotopic (exact) mass is 384 g/mol. The van der Waals surface area contributed by atoms with Gasteiger partial charge in [-0.3, -0.25) is 10.1 Å². The molecule has 0 fully saturated rings. The summed E-state index contributed by atoms with van der Waals surface area (Å²) in [7, 11) is 0. The number of hydrogen-bond acceptors (Lipinski definition) is 4. The number of rotatable bonds is 9. The van der Waals surface area contributed by atoms with Crippen molar-refractivity contribution >= 4 is 22.9 Å². The molecule has 0 aliphatic rings. The van der Waals surface area contributed by atoms with Gasteiger partial charge in [0.05, 0.1) is 11.0 Å². The number of fused-ring (bicyclic) bond motifs is 1. The van der Waals surface area contributed by atoms with Gasteiger partial charge in [-0.05, 0) is 49.5 Å². The molecule has 28 heavy (non-hydrogen) atoms. The SMILES string of the molecule is CCN(CC)CCn1c(NC(=O)COc2ccc(F)cc2)nc2ccccc21. The van der Waals surface area contributed by atoms with Gasteiger partial charge in [0, 0.05) is 13.1 Å². The number of para-hydroxylation sites is 2. The maximum Gasteiger partial charge on any atom is 0.264 e. The third-order valence-electron chi connectivity index (χ3n) is 4.62. The zero-order valence-electron chi connectivity index (χ0n) is 16.2. The van der Waals surface area contributed by atoms with Crippen LogP contribution in [0.2, 0.25) is 0 Å². The lowest BCUT2D eigenvalue weighted by Crippen LogP contribution is -2.28. The van der Waals surface area contributed by atoms with Crippen LogP contribution in [0.25, 0.3) is 11.0 Å². The average molecular weight is 384 g/mol. The number of carbonyl (C=O) groups excluding carboxylic acids is 1. The summed E-state index contributed by atoms with van der Waals surface area (Å²) in [6.07, 6.45) is 0. The van der Waals surface area contributed by atoms with Crippen molar-refractivity contribution in [2.45, 2.75) is 20.4 Å². The second-order valence-corrected chi connectivity index (χ2v) is 6.39. The molecule has 6 nitrogen and oxygen atoms in total. The van der Waals surface area contributed by atoms with E-state index in [0.29, 0.717) is 11.7 Å². The minimum Gasteiger partial charge on any atom is -0.484 e. The molecule has 1 aromatic heterocycles. The molecule has 0 bridgehead atoms. The van der Waals surface area contributed by atoms with Crippen molar-refractivity contribution in [1.29, 1.82) is 0 Å². The molecule has 0 atom stereocenters. The van der Waals surface area contributed by atoms with E-state index in [9.17, 15) is 9.18 Å². The van der Waals surface area contributed by atoms with Crippen LogP contribution in [-0.4, -0.2) is 46.6 Å². The number of nitrogens with zero attached hydrogens (tertiary/aromatic N) is 3. The second-order valence-electron chi connectivity index (χ2n) is 6.39. The topological polar surface area (TPSA) is 59.4 Å². The summed E-state index contributed by atoms with van der Waals surface area (Å²) in [4.78, 5) is 19.2. The van der Waals surface area contributed by atoms with Gasteiger partial charge in [-0.25, -0.2) is 9.37 Å². The quantitative estimate of drug-likeness (QED) is 0.613. The van der Waals surface area contributed by atoms with E-state index in [1.807, 2.05) is 28.8 Å². The Bertz CT molecular complexity index is 920. The molecule has 1 heterocycles. The highest BCUT2D eigenvalue weighted by molar-refractivity contribution is 5.92. The van der Waals surface area contributed by atoms with Crippen LogP contribution in [-0.2, 0) is 11.3 Å². The highest BCUT2D eigenvalue weighted by Crippen LogP contribution is 2.20. The van der Waals surface area contributed by atoms with Crippen LogP contribution in [0.3, 0.4) is 0 Å². The number of halogens is 1. The molecule has 1 N–H and O–H groups in total. The molecular weight excluding hydrogens is 359 g/mol. The number of ether oxygens (including phenoxy) is 1. The van der Waals surface area contributed by atoms with Gasteiger partial charge in [-0.2, -0.15) is 0 Å². The highest BCUT2D eigenvalue weighted by atomic mass is 19.1. The number of benzene rings is 2. The Balaban J connectivity index is 1.71. The van der Waals surface area contributed by atoms with Gasteiger partial charge < -0.3 is 14.2 Å². The molecule has 148 valence electrons. The van der Waals surface area contributed by atoms with E-state index in [2.05, 4.69) is 29.0 Å². The Morgan fingerprint density at radius 1 is 1.14 bits per heavy atom. The molecular formula is C21H25FN4O2. The average Bonchev–Trinajstić information content (AvgIpc) is 3.05. The predicted octanol–water partition coefficient (Wildman–Crippen LogP) is 3.53. The van der Waals surface area contributed by atoms with Gasteiger partial charge in [-0.15, -0.1) is 0 Å². The van der Waals surface area contributed by atoms with E-state index < -0.39 is 0 Å². The first-order valence-corrected chi connectivity index (χ1v) is 9.46. The first-order valence-electron chi connectivity index (χ1n) is 9.46. The van der Waals surface area contributed by atoms with Crippen molar-refractivity contribution in [3.63, 3.8) is 0 Å². The molecule has 0 saturated heterocycles. The molecule has 0 unspecified atom stereocenters. The lowest BCUT2D eigenvalue weighted by molar-refractivity contribution is -0.118. The van der Waals surface area contributed by atoms with Crippen LogP contribution in [0.1, 0.15) is 13.8 Å². The Labute approximate surface area is 163 Å². The van der Waals surface area contributed by atoms with E-state index in [1.165, 1.54) is 24.3 Å². The first-order chi connectivity index (χ1) is 13.6. The van der Waals surface area contributed by atoms with Gasteiger partial charge in [0.1, 0.15) is 11.6 Å². The van der Waals surface area contributed by atoms with Crippen molar-refractivity contribution in [3.8, 4) is 5.75 Å². The van der Waals surface area contributed by atoms with Crippen LogP contribution < -0.4 is 10.1 Å². The summed E-state index contributed by atoms with van der Waals surface area (Å²) in [6, 6.07) is 13.4. The van der Waals surface area contributed by atoms with Gasteiger partial charge >= 0.3 is 0 Å². The van der Waals surface area contributed by atoms with E-state index in [0.717, 1.165) is 37.2 Å². The maximum atomic E-state index is 13.0. The second kappa shape index (κ2) is 9.32. The fourth-order valence-electron chi connectivity index (χ4n) is 3.02. The lowest BCUT2D eigenvalue weighted by atomic mass is 10.3. The molecule has 1 amide bonds. The minimum absolute atomic E-state index is 0.176. The molecule has 0 spiro atoms. The van der Waals surface area contributed by atoms with Crippen molar-refractivity contribution < 1.29 is 13.9 Å². The first kappa shape index (κ1) is 19.8. The zero-order chi connectivity index (χ0) is 19.9. The fraction of sp³-hybridized carbons (Fsp3) is 0.333. The molecule has 3 rings (SSSR count). The summed E-state index contributed by atoms with van der Waals surface area (Å²) < 4.78 is 20.4.